The second kappa shape index (κ2) is 8.80. The van der Waals surface area contributed by atoms with Crippen LogP contribution < -0.4 is 4.74 Å². The molecule has 0 heterocycles. The van der Waals surface area contributed by atoms with Crippen molar-refractivity contribution >= 4 is 11.5 Å². The zero-order valence-electron chi connectivity index (χ0n) is 16.2. The molecule has 144 valence electrons. The molecule has 0 aliphatic rings. The summed E-state index contributed by atoms with van der Waals surface area (Å²) in [5.41, 5.74) is 2.83. The first-order valence-electron chi connectivity index (χ1n) is 8.85. The van der Waals surface area contributed by atoms with Crippen LogP contribution in [0.5, 0.6) is 5.75 Å². The molecule has 27 heavy (non-hydrogen) atoms. The van der Waals surface area contributed by atoms with Crippen molar-refractivity contribution in [3.8, 4) is 5.75 Å². The van der Waals surface area contributed by atoms with E-state index in [-0.39, 0.29) is 11.1 Å². The summed E-state index contributed by atoms with van der Waals surface area (Å²) < 4.78 is 33.1. The Labute approximate surface area is 159 Å². The zero-order chi connectivity index (χ0) is 20.1. The van der Waals surface area contributed by atoms with Crippen LogP contribution in [0.3, 0.4) is 0 Å². The van der Waals surface area contributed by atoms with Crippen molar-refractivity contribution in [1.29, 1.82) is 0 Å². The quantitative estimate of drug-likeness (QED) is 0.682. The molecular formula is C22H25F2NO2. The van der Waals surface area contributed by atoms with Crippen LogP contribution in [0.25, 0.3) is 5.57 Å². The molecule has 2 aromatic carbocycles. The van der Waals surface area contributed by atoms with Gasteiger partial charge >= 0.3 is 0 Å². The third-order valence-electron chi connectivity index (χ3n) is 4.67. The predicted molar refractivity (Wildman–Crippen MR) is 104 cm³/mol. The first kappa shape index (κ1) is 20.6. The van der Waals surface area contributed by atoms with Crippen molar-refractivity contribution in [2.75, 3.05) is 20.7 Å². The van der Waals surface area contributed by atoms with Gasteiger partial charge in [-0.15, -0.1) is 0 Å². The lowest BCUT2D eigenvalue weighted by molar-refractivity contribution is 0.0792. The molecule has 0 aliphatic heterocycles. The van der Waals surface area contributed by atoms with Gasteiger partial charge in [0.1, 0.15) is 5.75 Å². The van der Waals surface area contributed by atoms with Crippen LogP contribution in [0.1, 0.15) is 40.4 Å². The van der Waals surface area contributed by atoms with Gasteiger partial charge in [0, 0.05) is 13.6 Å². The van der Waals surface area contributed by atoms with E-state index in [1.165, 1.54) is 24.0 Å². The number of benzene rings is 2. The van der Waals surface area contributed by atoms with Gasteiger partial charge in [-0.25, -0.2) is 8.78 Å². The third-order valence-corrected chi connectivity index (χ3v) is 4.67. The summed E-state index contributed by atoms with van der Waals surface area (Å²) in [6.07, 6.45) is 1.36. The van der Waals surface area contributed by atoms with Gasteiger partial charge in [-0.05, 0) is 60.2 Å². The minimum Gasteiger partial charge on any atom is -0.496 e. The second-order valence-electron chi connectivity index (χ2n) is 6.52. The van der Waals surface area contributed by atoms with Gasteiger partial charge in [-0.1, -0.05) is 25.6 Å². The van der Waals surface area contributed by atoms with E-state index >= 15 is 0 Å². The summed E-state index contributed by atoms with van der Waals surface area (Å²) in [4.78, 5) is 13.8. The van der Waals surface area contributed by atoms with Crippen LogP contribution in [-0.2, 0) is 6.42 Å². The Kier molecular flexibility index (Phi) is 6.72. The van der Waals surface area contributed by atoms with E-state index in [9.17, 15) is 13.6 Å². The van der Waals surface area contributed by atoms with Crippen molar-refractivity contribution in [2.24, 2.45) is 0 Å². The van der Waals surface area contributed by atoms with Crippen LogP contribution in [0, 0.1) is 18.6 Å². The maximum absolute atomic E-state index is 14.0. The number of aryl methyl sites for hydroxylation is 2. The Bertz CT molecular complexity index is 862. The Morgan fingerprint density at radius 1 is 1.19 bits per heavy atom. The molecule has 0 unspecified atom stereocenters. The average molecular weight is 373 g/mol. The molecule has 2 aromatic rings. The number of hydrogen-bond donors (Lipinski definition) is 0. The van der Waals surface area contributed by atoms with Gasteiger partial charge in [0.05, 0.1) is 12.7 Å². The molecular weight excluding hydrogens is 348 g/mol. The Morgan fingerprint density at radius 3 is 2.52 bits per heavy atom. The molecule has 0 saturated heterocycles. The number of nitrogens with zero attached hydrogens (tertiary/aromatic N) is 1. The molecule has 0 spiro atoms. The van der Waals surface area contributed by atoms with Gasteiger partial charge in [-0.2, -0.15) is 0 Å². The number of halogens is 2. The highest BCUT2D eigenvalue weighted by molar-refractivity contribution is 5.94. The van der Waals surface area contributed by atoms with E-state index in [1.54, 1.807) is 14.2 Å². The number of rotatable bonds is 7. The minimum atomic E-state index is -1.10. The molecule has 0 atom stereocenters. The summed E-state index contributed by atoms with van der Waals surface area (Å²) >= 11 is 0. The first-order valence-corrected chi connectivity index (χ1v) is 8.85. The van der Waals surface area contributed by atoms with Crippen LogP contribution in [0.2, 0.25) is 0 Å². The van der Waals surface area contributed by atoms with E-state index < -0.39 is 17.5 Å². The smallest absolute Gasteiger partial charge is 0.256 e. The van der Waals surface area contributed by atoms with Gasteiger partial charge in [-0.3, -0.25) is 4.79 Å². The van der Waals surface area contributed by atoms with E-state index in [0.29, 0.717) is 13.0 Å². The number of amides is 1. The highest BCUT2D eigenvalue weighted by Crippen LogP contribution is 2.25. The van der Waals surface area contributed by atoms with Crippen LogP contribution >= 0.6 is 0 Å². The molecule has 0 bridgehead atoms. The van der Waals surface area contributed by atoms with Crippen molar-refractivity contribution in [3.63, 3.8) is 0 Å². The number of hydrogen-bond acceptors (Lipinski definition) is 2. The van der Waals surface area contributed by atoms with E-state index in [2.05, 4.69) is 6.58 Å². The number of methoxy groups -OCH3 is 1. The van der Waals surface area contributed by atoms with E-state index in [4.69, 9.17) is 4.74 Å². The minimum absolute atomic E-state index is 0.173. The monoisotopic (exact) mass is 373 g/mol. The van der Waals surface area contributed by atoms with Gasteiger partial charge < -0.3 is 9.64 Å². The third kappa shape index (κ3) is 4.54. The molecule has 0 aliphatic carbocycles. The highest BCUT2D eigenvalue weighted by Gasteiger charge is 2.20. The largest absolute Gasteiger partial charge is 0.496 e. The Balaban J connectivity index is 2.07. The fraction of sp³-hybridized carbons (Fsp3) is 0.318. The molecule has 3 nitrogen and oxygen atoms in total. The molecule has 5 heteroatoms. The Morgan fingerprint density at radius 2 is 1.89 bits per heavy atom. The van der Waals surface area contributed by atoms with E-state index in [0.717, 1.165) is 28.9 Å². The van der Waals surface area contributed by atoms with Crippen molar-refractivity contribution in [3.05, 3.63) is 70.8 Å². The lowest BCUT2D eigenvalue weighted by Crippen LogP contribution is -2.29. The summed E-state index contributed by atoms with van der Waals surface area (Å²) in [5.74, 6) is -1.81. The fourth-order valence-electron chi connectivity index (χ4n) is 2.84. The molecule has 2 rings (SSSR count). The molecule has 0 N–H and O–H groups in total. The standard InChI is InChI=1S/C22H25F2NO2/c1-6-16-13-17(8-10-19(16)27-5)14(2)11-12-25(4)22(26)18-9-7-15(3)20(23)21(18)24/h7-10,13H,2,6,11-12H2,1,3-5H3. The molecule has 0 radical (unpaired) electrons. The van der Waals surface area contributed by atoms with Crippen LogP contribution in [-0.4, -0.2) is 31.5 Å². The lowest BCUT2D eigenvalue weighted by Gasteiger charge is -2.19. The average Bonchev–Trinajstić information content (AvgIpc) is 2.68. The van der Waals surface area contributed by atoms with Crippen molar-refractivity contribution in [2.45, 2.75) is 26.7 Å². The number of carbonyl (C=O) groups is 1. The number of ether oxygens (including phenoxy) is 1. The normalized spacial score (nSPS) is 10.6. The SMILES string of the molecule is C=C(CCN(C)C(=O)c1ccc(C)c(F)c1F)c1ccc(OC)c(CC)c1. The maximum Gasteiger partial charge on any atom is 0.256 e. The summed E-state index contributed by atoms with van der Waals surface area (Å²) in [7, 11) is 3.20. The van der Waals surface area contributed by atoms with Gasteiger partial charge in [0.25, 0.3) is 5.91 Å². The highest BCUT2D eigenvalue weighted by atomic mass is 19.2. The first-order chi connectivity index (χ1) is 12.8. The van der Waals surface area contributed by atoms with Gasteiger partial charge in [0.15, 0.2) is 11.6 Å². The topological polar surface area (TPSA) is 29.5 Å². The van der Waals surface area contributed by atoms with Crippen LogP contribution in [0.4, 0.5) is 8.78 Å². The predicted octanol–water partition coefficient (Wildman–Crippen LogP) is 5.02. The van der Waals surface area contributed by atoms with E-state index in [1.807, 2.05) is 25.1 Å². The Hall–Kier alpha value is -2.69. The van der Waals surface area contributed by atoms with Crippen LogP contribution in [0.15, 0.2) is 36.9 Å². The maximum atomic E-state index is 14.0. The van der Waals surface area contributed by atoms with Crippen molar-refractivity contribution in [1.82, 2.24) is 4.90 Å². The second-order valence-corrected chi connectivity index (χ2v) is 6.52. The summed E-state index contributed by atoms with van der Waals surface area (Å²) in [6.45, 7) is 7.94. The zero-order valence-corrected chi connectivity index (χ0v) is 16.2. The number of carbonyl (C=O) groups excluding carboxylic acids is 1. The molecule has 0 aromatic heterocycles. The summed E-state index contributed by atoms with van der Waals surface area (Å²) in [6, 6.07) is 8.58. The van der Waals surface area contributed by atoms with Gasteiger partial charge in [0.2, 0.25) is 0 Å². The molecule has 1 amide bonds. The fourth-order valence-corrected chi connectivity index (χ4v) is 2.84. The summed E-state index contributed by atoms with van der Waals surface area (Å²) in [5, 5.41) is 0. The van der Waals surface area contributed by atoms with Crippen molar-refractivity contribution < 1.29 is 18.3 Å². The molecule has 0 saturated carbocycles. The molecule has 0 fully saturated rings. The lowest BCUT2D eigenvalue weighted by atomic mass is 10.00.